The second kappa shape index (κ2) is 11.8. The SMILES string of the molecule is CN(Cc1ccc(-c2nnc(C(F)F)o2)cn1)c1ccc(Br)cc1N(C=O)CC1CCN(C2COC2)CC1. The minimum absolute atomic E-state index is 0.00335. The van der Waals surface area contributed by atoms with Crippen molar-refractivity contribution in [3.05, 3.63) is 52.6 Å². The van der Waals surface area contributed by atoms with Crippen LogP contribution in [0.4, 0.5) is 20.2 Å². The van der Waals surface area contributed by atoms with Crippen LogP contribution in [0.2, 0.25) is 0 Å². The first kappa shape index (κ1) is 26.6. The fourth-order valence-corrected chi connectivity index (χ4v) is 5.22. The first-order valence-electron chi connectivity index (χ1n) is 12.5. The highest BCUT2D eigenvalue weighted by atomic mass is 79.9. The van der Waals surface area contributed by atoms with Gasteiger partial charge in [0.15, 0.2) is 0 Å². The van der Waals surface area contributed by atoms with Crippen LogP contribution in [0.1, 0.15) is 30.9 Å². The minimum atomic E-state index is -2.82. The highest BCUT2D eigenvalue weighted by molar-refractivity contribution is 9.10. The molecule has 1 aromatic carbocycles. The maximum atomic E-state index is 12.7. The molecule has 2 aliphatic rings. The van der Waals surface area contributed by atoms with Crippen molar-refractivity contribution in [1.29, 1.82) is 0 Å². The number of ether oxygens (including phenoxy) is 1. The zero-order chi connectivity index (χ0) is 26.6. The zero-order valence-electron chi connectivity index (χ0n) is 21.0. The minimum Gasteiger partial charge on any atom is -0.415 e. The Morgan fingerprint density at radius 3 is 2.55 bits per heavy atom. The number of hydrogen-bond donors (Lipinski definition) is 0. The van der Waals surface area contributed by atoms with Gasteiger partial charge >= 0.3 is 6.43 Å². The van der Waals surface area contributed by atoms with E-state index < -0.39 is 12.3 Å². The van der Waals surface area contributed by atoms with Gasteiger partial charge in [-0.15, -0.1) is 10.2 Å². The number of alkyl halides is 2. The Hall–Kier alpha value is -2.96. The lowest BCUT2D eigenvalue weighted by Gasteiger charge is -2.42. The summed E-state index contributed by atoms with van der Waals surface area (Å²) < 4.78 is 36.7. The number of carbonyl (C=O) groups excluding carboxylic acids is 1. The Balaban J connectivity index is 1.26. The monoisotopic (exact) mass is 590 g/mol. The molecular weight excluding hydrogens is 562 g/mol. The topological polar surface area (TPSA) is 87.8 Å². The van der Waals surface area contributed by atoms with Gasteiger partial charge in [-0.25, -0.2) is 0 Å². The van der Waals surface area contributed by atoms with E-state index in [0.29, 0.717) is 30.6 Å². The molecule has 202 valence electrons. The van der Waals surface area contributed by atoms with Gasteiger partial charge in [-0.05, 0) is 62.2 Å². The van der Waals surface area contributed by atoms with Crippen molar-refractivity contribution in [2.45, 2.75) is 31.9 Å². The van der Waals surface area contributed by atoms with Crippen LogP contribution >= 0.6 is 15.9 Å². The Morgan fingerprint density at radius 2 is 1.95 bits per heavy atom. The highest BCUT2D eigenvalue weighted by Crippen LogP contribution is 2.34. The number of pyridine rings is 1. The average Bonchev–Trinajstić information content (AvgIpc) is 3.38. The Morgan fingerprint density at radius 1 is 1.16 bits per heavy atom. The Kier molecular flexibility index (Phi) is 8.29. The lowest BCUT2D eigenvalue weighted by molar-refractivity contribution is -0.107. The predicted octanol–water partition coefficient (Wildman–Crippen LogP) is 4.54. The number of piperidine rings is 1. The van der Waals surface area contributed by atoms with E-state index in [1.807, 2.05) is 30.1 Å². The van der Waals surface area contributed by atoms with Gasteiger partial charge in [0, 0.05) is 24.3 Å². The summed E-state index contributed by atoms with van der Waals surface area (Å²) in [6.07, 6.45) is 1.72. The lowest BCUT2D eigenvalue weighted by atomic mass is 9.94. The Bertz CT molecular complexity index is 1230. The number of benzene rings is 1. The number of nitrogens with zero attached hydrogens (tertiary/aromatic N) is 6. The molecule has 4 heterocycles. The van der Waals surface area contributed by atoms with Crippen LogP contribution in [-0.4, -0.2) is 72.4 Å². The molecule has 2 aliphatic heterocycles. The van der Waals surface area contributed by atoms with Gasteiger partial charge in [-0.1, -0.05) is 15.9 Å². The van der Waals surface area contributed by atoms with Gasteiger partial charge in [0.05, 0.1) is 48.4 Å². The molecule has 0 N–H and O–H groups in total. The van der Waals surface area contributed by atoms with Gasteiger partial charge in [0.1, 0.15) is 0 Å². The fourth-order valence-electron chi connectivity index (χ4n) is 4.87. The maximum Gasteiger partial charge on any atom is 0.314 e. The Labute approximate surface area is 227 Å². The van der Waals surface area contributed by atoms with Gasteiger partial charge < -0.3 is 19.0 Å². The van der Waals surface area contributed by atoms with Crippen LogP contribution < -0.4 is 9.80 Å². The molecule has 0 atom stereocenters. The third kappa shape index (κ3) is 6.02. The number of halogens is 3. The van der Waals surface area contributed by atoms with Crippen LogP contribution in [0.15, 0.2) is 45.4 Å². The van der Waals surface area contributed by atoms with Crippen LogP contribution in [0, 0.1) is 5.92 Å². The van der Waals surface area contributed by atoms with E-state index in [9.17, 15) is 13.6 Å². The fraction of sp³-hybridized carbons (Fsp3) is 0.462. The van der Waals surface area contributed by atoms with Crippen molar-refractivity contribution in [3.63, 3.8) is 0 Å². The zero-order valence-corrected chi connectivity index (χ0v) is 22.6. The molecule has 0 aliphatic carbocycles. The number of likely N-dealkylation sites (tertiary alicyclic amines) is 1. The highest BCUT2D eigenvalue weighted by Gasteiger charge is 2.30. The third-order valence-corrected chi connectivity index (χ3v) is 7.62. The van der Waals surface area contributed by atoms with Crippen LogP contribution in [0.3, 0.4) is 0 Å². The molecule has 2 aromatic heterocycles. The van der Waals surface area contributed by atoms with Crippen molar-refractivity contribution < 1.29 is 22.7 Å². The normalized spacial score (nSPS) is 17.0. The summed E-state index contributed by atoms with van der Waals surface area (Å²) in [5.74, 6) is -0.291. The van der Waals surface area contributed by atoms with Crippen molar-refractivity contribution in [3.8, 4) is 11.5 Å². The predicted molar refractivity (Wildman–Crippen MR) is 141 cm³/mol. The largest absolute Gasteiger partial charge is 0.415 e. The van der Waals surface area contributed by atoms with E-state index in [0.717, 1.165) is 67.1 Å². The van der Waals surface area contributed by atoms with Crippen molar-refractivity contribution in [2.24, 2.45) is 5.92 Å². The number of hydrogen-bond acceptors (Lipinski definition) is 8. The molecule has 38 heavy (non-hydrogen) atoms. The second-order valence-electron chi connectivity index (χ2n) is 9.70. The molecule has 1 amide bonds. The number of amides is 1. The molecule has 0 radical (unpaired) electrons. The molecule has 3 aromatic rings. The first-order valence-corrected chi connectivity index (χ1v) is 13.3. The first-order chi connectivity index (χ1) is 18.4. The van der Waals surface area contributed by atoms with Crippen LogP contribution in [0.5, 0.6) is 0 Å². The number of anilines is 2. The molecule has 9 nitrogen and oxygen atoms in total. The summed E-state index contributed by atoms with van der Waals surface area (Å²) in [6.45, 7) is 4.85. The smallest absolute Gasteiger partial charge is 0.314 e. The van der Waals surface area contributed by atoms with E-state index >= 15 is 0 Å². The number of aromatic nitrogens is 3. The quantitative estimate of drug-likeness (QED) is 0.318. The molecule has 0 spiro atoms. The van der Waals surface area contributed by atoms with E-state index in [1.165, 1.54) is 6.20 Å². The lowest BCUT2D eigenvalue weighted by Crippen LogP contribution is -2.52. The molecule has 0 unspecified atom stereocenters. The molecule has 0 saturated carbocycles. The summed E-state index contributed by atoms with van der Waals surface area (Å²) in [5, 5.41) is 7.02. The van der Waals surface area contributed by atoms with Gasteiger partial charge in [-0.3, -0.25) is 14.7 Å². The molecule has 5 rings (SSSR count). The van der Waals surface area contributed by atoms with Crippen molar-refractivity contribution >= 4 is 33.7 Å². The standard InChI is InChI=1S/C26H29BrF2N6O3/c1-33(13-20-4-2-18(11-30-20)25-31-32-26(38-25)24(28)29)22-5-3-19(27)10-23(22)35(16-36)12-17-6-8-34(9-7-17)21-14-37-15-21/h2-5,10-11,16-17,21,24H,6-9,12-15H2,1H3. The summed E-state index contributed by atoms with van der Waals surface area (Å²) in [7, 11) is 1.94. The summed E-state index contributed by atoms with van der Waals surface area (Å²) in [4.78, 5) is 23.0. The molecular formula is C26H29BrF2N6O3. The molecule has 12 heteroatoms. The molecule has 0 bridgehead atoms. The number of rotatable bonds is 10. The van der Waals surface area contributed by atoms with Gasteiger partial charge in [-0.2, -0.15) is 8.78 Å². The summed E-state index contributed by atoms with van der Waals surface area (Å²) in [5.41, 5.74) is 2.94. The third-order valence-electron chi connectivity index (χ3n) is 7.12. The van der Waals surface area contributed by atoms with Gasteiger partial charge in [0.2, 0.25) is 12.3 Å². The second-order valence-corrected chi connectivity index (χ2v) is 10.6. The van der Waals surface area contributed by atoms with E-state index in [4.69, 9.17) is 9.15 Å². The van der Waals surface area contributed by atoms with E-state index in [2.05, 4.69) is 36.0 Å². The van der Waals surface area contributed by atoms with Crippen LogP contribution in [0.25, 0.3) is 11.5 Å². The maximum absolute atomic E-state index is 12.7. The molecule has 2 fully saturated rings. The van der Waals surface area contributed by atoms with Crippen molar-refractivity contribution in [2.75, 3.05) is 49.7 Å². The average molecular weight is 591 g/mol. The van der Waals surface area contributed by atoms with E-state index in [-0.39, 0.29) is 5.89 Å². The summed E-state index contributed by atoms with van der Waals surface area (Å²) >= 11 is 3.56. The van der Waals surface area contributed by atoms with E-state index in [1.54, 1.807) is 17.0 Å². The van der Waals surface area contributed by atoms with Crippen molar-refractivity contribution in [1.82, 2.24) is 20.1 Å². The molecule has 2 saturated heterocycles. The number of carbonyl (C=O) groups is 1. The van der Waals surface area contributed by atoms with Crippen LogP contribution in [-0.2, 0) is 16.1 Å². The van der Waals surface area contributed by atoms with Gasteiger partial charge in [0.25, 0.3) is 5.89 Å². The summed E-state index contributed by atoms with van der Waals surface area (Å²) in [6, 6.07) is 9.94.